The van der Waals surface area contributed by atoms with Crippen molar-refractivity contribution >= 4 is 15.9 Å². The minimum Gasteiger partial charge on any atom is -0.314 e. The minimum absolute atomic E-state index is 0.00249. The summed E-state index contributed by atoms with van der Waals surface area (Å²) in [4.78, 5) is 2.51. The Hall–Kier alpha value is -0.450. The first kappa shape index (κ1) is 16.4. The summed E-state index contributed by atoms with van der Waals surface area (Å²) >= 11 is 3.57. The number of aryl methyl sites for hydroxylation is 1. The van der Waals surface area contributed by atoms with Crippen LogP contribution < -0.4 is 5.32 Å². The lowest BCUT2D eigenvalue weighted by atomic mass is 9.79. The highest BCUT2D eigenvalue weighted by atomic mass is 79.9. The molecular formula is C18H26BrFN2. The summed E-state index contributed by atoms with van der Waals surface area (Å²) in [5.74, 6) is 0.590. The van der Waals surface area contributed by atoms with E-state index in [9.17, 15) is 4.39 Å². The second kappa shape index (κ2) is 7.41. The van der Waals surface area contributed by atoms with Gasteiger partial charge in [0, 0.05) is 42.3 Å². The molecule has 1 atom stereocenters. The Balaban J connectivity index is 1.96. The summed E-state index contributed by atoms with van der Waals surface area (Å²) in [6.45, 7) is 5.94. The molecule has 0 spiro atoms. The van der Waals surface area contributed by atoms with E-state index >= 15 is 0 Å². The molecule has 1 saturated carbocycles. The summed E-state index contributed by atoms with van der Waals surface area (Å²) in [6.07, 6.45) is 6.40. The Morgan fingerprint density at radius 3 is 2.55 bits per heavy atom. The Labute approximate surface area is 141 Å². The highest BCUT2D eigenvalue weighted by Gasteiger charge is 2.33. The van der Waals surface area contributed by atoms with E-state index in [1.165, 1.54) is 32.1 Å². The highest BCUT2D eigenvalue weighted by molar-refractivity contribution is 9.10. The van der Waals surface area contributed by atoms with Crippen LogP contribution in [0, 0.1) is 18.7 Å². The molecule has 0 aromatic heterocycles. The summed E-state index contributed by atoms with van der Waals surface area (Å²) in [5.41, 5.74) is 1.65. The zero-order chi connectivity index (χ0) is 15.5. The second-order valence-corrected chi connectivity index (χ2v) is 7.67. The first-order chi connectivity index (χ1) is 10.7. The SMILES string of the molecule is Cc1cc(Br)cc([C@@H](C2CCCCC2)N2CCNCC2)c1F. The van der Waals surface area contributed by atoms with Gasteiger partial charge in [0.25, 0.3) is 0 Å². The number of rotatable bonds is 3. The van der Waals surface area contributed by atoms with Crippen LogP contribution in [-0.2, 0) is 0 Å². The molecule has 4 heteroatoms. The molecule has 22 heavy (non-hydrogen) atoms. The number of piperazine rings is 1. The van der Waals surface area contributed by atoms with Crippen molar-refractivity contribution in [1.82, 2.24) is 10.2 Å². The summed E-state index contributed by atoms with van der Waals surface area (Å²) < 4.78 is 15.9. The fourth-order valence-corrected chi connectivity index (χ4v) is 4.72. The number of benzene rings is 1. The molecule has 0 unspecified atom stereocenters. The highest BCUT2D eigenvalue weighted by Crippen LogP contribution is 2.40. The van der Waals surface area contributed by atoms with Gasteiger partial charge in [0.1, 0.15) is 5.82 Å². The van der Waals surface area contributed by atoms with Gasteiger partial charge >= 0.3 is 0 Å². The molecule has 1 saturated heterocycles. The number of nitrogens with zero attached hydrogens (tertiary/aromatic N) is 1. The van der Waals surface area contributed by atoms with Gasteiger partial charge in [-0.1, -0.05) is 35.2 Å². The minimum atomic E-state index is -0.00249. The average Bonchev–Trinajstić information content (AvgIpc) is 2.54. The lowest BCUT2D eigenvalue weighted by Crippen LogP contribution is -2.47. The monoisotopic (exact) mass is 368 g/mol. The largest absolute Gasteiger partial charge is 0.314 e. The topological polar surface area (TPSA) is 15.3 Å². The Kier molecular flexibility index (Phi) is 5.53. The maximum atomic E-state index is 14.9. The van der Waals surface area contributed by atoms with E-state index in [0.29, 0.717) is 5.92 Å². The molecule has 0 bridgehead atoms. The van der Waals surface area contributed by atoms with E-state index in [1.807, 2.05) is 19.1 Å². The van der Waals surface area contributed by atoms with E-state index < -0.39 is 0 Å². The lowest BCUT2D eigenvalue weighted by Gasteiger charge is -2.41. The van der Waals surface area contributed by atoms with Crippen LogP contribution in [0.2, 0.25) is 0 Å². The van der Waals surface area contributed by atoms with E-state index in [0.717, 1.165) is 41.8 Å². The first-order valence-corrected chi connectivity index (χ1v) is 9.36. The van der Waals surface area contributed by atoms with Crippen molar-refractivity contribution in [2.24, 2.45) is 5.92 Å². The van der Waals surface area contributed by atoms with Gasteiger partial charge in [-0.05, 0) is 43.4 Å². The number of halogens is 2. The molecule has 2 aliphatic rings. The van der Waals surface area contributed by atoms with Gasteiger partial charge in [-0.25, -0.2) is 4.39 Å². The second-order valence-electron chi connectivity index (χ2n) is 6.75. The smallest absolute Gasteiger partial charge is 0.130 e. The Morgan fingerprint density at radius 2 is 1.86 bits per heavy atom. The van der Waals surface area contributed by atoms with Gasteiger partial charge in [0.05, 0.1) is 0 Å². The van der Waals surface area contributed by atoms with Gasteiger partial charge in [-0.3, -0.25) is 4.90 Å². The van der Waals surface area contributed by atoms with Crippen molar-refractivity contribution in [1.29, 1.82) is 0 Å². The van der Waals surface area contributed by atoms with Crippen LogP contribution >= 0.6 is 15.9 Å². The van der Waals surface area contributed by atoms with Crippen molar-refractivity contribution < 1.29 is 4.39 Å². The molecule has 1 N–H and O–H groups in total. The molecule has 2 fully saturated rings. The molecule has 1 heterocycles. The average molecular weight is 369 g/mol. The molecule has 1 aromatic carbocycles. The first-order valence-electron chi connectivity index (χ1n) is 8.57. The van der Waals surface area contributed by atoms with Crippen LogP contribution in [0.25, 0.3) is 0 Å². The van der Waals surface area contributed by atoms with E-state index in [-0.39, 0.29) is 11.9 Å². The van der Waals surface area contributed by atoms with Crippen LogP contribution in [0.4, 0.5) is 4.39 Å². The molecule has 0 radical (unpaired) electrons. The third-order valence-corrected chi connectivity index (χ3v) is 5.67. The third-order valence-electron chi connectivity index (χ3n) is 5.21. The molecular weight excluding hydrogens is 343 g/mol. The van der Waals surface area contributed by atoms with Gasteiger partial charge in [-0.15, -0.1) is 0 Å². The maximum absolute atomic E-state index is 14.9. The van der Waals surface area contributed by atoms with Crippen LogP contribution in [0.15, 0.2) is 16.6 Å². The van der Waals surface area contributed by atoms with E-state index in [4.69, 9.17) is 0 Å². The molecule has 1 aliphatic heterocycles. The molecule has 1 aromatic rings. The molecule has 2 nitrogen and oxygen atoms in total. The van der Waals surface area contributed by atoms with Crippen molar-refractivity contribution in [3.8, 4) is 0 Å². The molecule has 122 valence electrons. The van der Waals surface area contributed by atoms with Crippen molar-refractivity contribution in [3.05, 3.63) is 33.5 Å². The van der Waals surface area contributed by atoms with Crippen LogP contribution in [0.3, 0.4) is 0 Å². The third kappa shape index (κ3) is 3.55. The van der Waals surface area contributed by atoms with E-state index in [1.54, 1.807) is 0 Å². The number of hydrogen-bond acceptors (Lipinski definition) is 2. The van der Waals surface area contributed by atoms with Gasteiger partial charge < -0.3 is 5.32 Å². The summed E-state index contributed by atoms with van der Waals surface area (Å²) in [5, 5.41) is 3.42. The predicted molar refractivity (Wildman–Crippen MR) is 92.6 cm³/mol. The zero-order valence-electron chi connectivity index (χ0n) is 13.4. The Bertz CT molecular complexity index is 490. The molecule has 0 amide bonds. The standard InChI is InChI=1S/C18H26BrFN2/c1-13-11-15(19)12-16(17(13)20)18(14-5-3-2-4-6-14)22-9-7-21-8-10-22/h11-12,14,18,21H,2-10H2,1H3/t18-/m1/s1. The number of nitrogens with one attached hydrogen (secondary N) is 1. The van der Waals surface area contributed by atoms with Gasteiger partial charge in [-0.2, -0.15) is 0 Å². The zero-order valence-corrected chi connectivity index (χ0v) is 15.0. The number of hydrogen-bond donors (Lipinski definition) is 1. The van der Waals surface area contributed by atoms with Gasteiger partial charge in [0.2, 0.25) is 0 Å². The quantitative estimate of drug-likeness (QED) is 0.848. The van der Waals surface area contributed by atoms with Gasteiger partial charge in [0.15, 0.2) is 0 Å². The van der Waals surface area contributed by atoms with E-state index in [2.05, 4.69) is 26.1 Å². The summed E-state index contributed by atoms with van der Waals surface area (Å²) in [6, 6.07) is 4.14. The predicted octanol–water partition coefficient (Wildman–Crippen LogP) is 4.42. The summed E-state index contributed by atoms with van der Waals surface area (Å²) in [7, 11) is 0. The van der Waals surface area contributed by atoms with Crippen LogP contribution in [-0.4, -0.2) is 31.1 Å². The maximum Gasteiger partial charge on any atom is 0.130 e. The Morgan fingerprint density at radius 1 is 1.18 bits per heavy atom. The fourth-order valence-electron chi connectivity index (χ4n) is 4.13. The van der Waals surface area contributed by atoms with Crippen LogP contribution in [0.5, 0.6) is 0 Å². The lowest BCUT2D eigenvalue weighted by molar-refractivity contribution is 0.100. The molecule has 1 aliphatic carbocycles. The van der Waals surface area contributed by atoms with Crippen molar-refractivity contribution in [3.63, 3.8) is 0 Å². The normalized spacial score (nSPS) is 22.7. The van der Waals surface area contributed by atoms with Crippen LogP contribution in [0.1, 0.15) is 49.3 Å². The van der Waals surface area contributed by atoms with Crippen molar-refractivity contribution in [2.45, 2.75) is 45.1 Å². The molecule has 3 rings (SSSR count). The fraction of sp³-hybridized carbons (Fsp3) is 0.667. The van der Waals surface area contributed by atoms with Crippen molar-refractivity contribution in [2.75, 3.05) is 26.2 Å².